The van der Waals surface area contributed by atoms with E-state index in [1.807, 2.05) is 20.8 Å². The molecule has 238 valence electrons. The number of carbonyl (C=O) groups excluding carboxylic acids is 1. The van der Waals surface area contributed by atoms with E-state index in [4.69, 9.17) is 14.2 Å². The number of aliphatic hydroxyl groups is 1. The van der Waals surface area contributed by atoms with Crippen molar-refractivity contribution in [3.05, 3.63) is 0 Å². The molecule has 0 bridgehead atoms. The van der Waals surface area contributed by atoms with Crippen LogP contribution in [-0.4, -0.2) is 53.5 Å². The molecule has 0 saturated heterocycles. The number of rotatable bonds is 28. The van der Waals surface area contributed by atoms with Gasteiger partial charge in [0.15, 0.2) is 0 Å². The smallest absolute Gasteiger partial charge is 0.458 e. The second kappa shape index (κ2) is 25.3. The number of hydrogen-bond donors (Lipinski definition) is 1. The summed E-state index contributed by atoms with van der Waals surface area (Å²) in [7, 11) is -1.36. The van der Waals surface area contributed by atoms with Crippen molar-refractivity contribution in [1.82, 2.24) is 0 Å². The first-order chi connectivity index (χ1) is 19.1. The number of ether oxygens (including phenoxy) is 3. The van der Waals surface area contributed by atoms with Crippen LogP contribution in [0.5, 0.6) is 0 Å². The summed E-state index contributed by atoms with van der Waals surface area (Å²) in [4.78, 5) is 12.2. The highest BCUT2D eigenvalue weighted by molar-refractivity contribution is 7.99. The fourth-order valence-electron chi connectivity index (χ4n) is 4.39. The Balaban J connectivity index is 4.47. The standard InChI is InChI=1S/C32H63O6PS/c1-7-9-11-13-15-17-19-21-26-40-29(23-20-18-16-14-12-10-8-2)28(3)36-24-22-25-38-32(34,39-35)30(33)37-27-31(4,5)6/h28-29,34H,7-27H2,1-6H3/p+1. The molecular formula is C32H64O6PS+. The van der Waals surface area contributed by atoms with Gasteiger partial charge in [0.1, 0.15) is 0 Å². The van der Waals surface area contributed by atoms with Crippen LogP contribution in [0.25, 0.3) is 0 Å². The van der Waals surface area contributed by atoms with E-state index in [1.165, 1.54) is 108 Å². The van der Waals surface area contributed by atoms with Crippen molar-refractivity contribution in [3.8, 4) is 0 Å². The average molecular weight is 608 g/mol. The zero-order valence-electron chi connectivity index (χ0n) is 26.9. The number of carbonyl (C=O) groups is 1. The fourth-order valence-corrected chi connectivity index (χ4v) is 6.07. The van der Waals surface area contributed by atoms with Gasteiger partial charge in [-0.25, -0.2) is 4.79 Å². The van der Waals surface area contributed by atoms with Gasteiger partial charge in [0.25, 0.3) is 0 Å². The summed E-state index contributed by atoms with van der Waals surface area (Å²) >= 11 is 2.06. The van der Waals surface area contributed by atoms with Crippen LogP contribution < -0.4 is 0 Å². The van der Waals surface area contributed by atoms with Gasteiger partial charge in [0.2, 0.25) is 0 Å². The van der Waals surface area contributed by atoms with E-state index >= 15 is 0 Å². The molecule has 0 spiro atoms. The molecule has 4 unspecified atom stereocenters. The van der Waals surface area contributed by atoms with Crippen LogP contribution >= 0.6 is 20.2 Å². The molecule has 0 heterocycles. The number of thioether (sulfide) groups is 1. The van der Waals surface area contributed by atoms with Crippen molar-refractivity contribution in [1.29, 1.82) is 0 Å². The summed E-state index contributed by atoms with van der Waals surface area (Å²) in [6.07, 6.45) is 21.7. The van der Waals surface area contributed by atoms with Crippen LogP contribution in [0, 0.1) is 5.41 Å². The van der Waals surface area contributed by atoms with E-state index in [2.05, 4.69) is 32.5 Å². The Morgan fingerprint density at radius 3 is 1.85 bits per heavy atom. The Hall–Kier alpha value is -0.200. The zero-order chi connectivity index (χ0) is 30.1. The van der Waals surface area contributed by atoms with Gasteiger partial charge in [-0.15, -0.1) is 0 Å². The molecule has 6 nitrogen and oxygen atoms in total. The Labute approximate surface area is 253 Å². The summed E-state index contributed by atoms with van der Waals surface area (Å²) in [5, 5.41) is 10.8. The fraction of sp³-hybridized carbons (Fsp3) is 0.969. The Morgan fingerprint density at radius 2 is 1.32 bits per heavy atom. The first-order valence-corrected chi connectivity index (χ1v) is 18.2. The summed E-state index contributed by atoms with van der Waals surface area (Å²) in [6, 6.07) is 0. The van der Waals surface area contributed by atoms with Gasteiger partial charge in [0, 0.05) is 11.9 Å². The predicted molar refractivity (Wildman–Crippen MR) is 172 cm³/mol. The van der Waals surface area contributed by atoms with E-state index in [-0.39, 0.29) is 24.7 Å². The third kappa shape index (κ3) is 22.4. The van der Waals surface area contributed by atoms with Crippen LogP contribution in [-0.2, 0) is 23.6 Å². The average Bonchev–Trinajstić information content (AvgIpc) is 2.92. The highest BCUT2D eigenvalue weighted by atomic mass is 32.2. The lowest BCUT2D eigenvalue weighted by Crippen LogP contribution is -2.39. The van der Waals surface area contributed by atoms with E-state index in [0.29, 0.717) is 18.3 Å². The lowest BCUT2D eigenvalue weighted by atomic mass is 9.99. The molecule has 8 heteroatoms. The first kappa shape index (κ1) is 39.8. The molecule has 0 aliphatic heterocycles. The van der Waals surface area contributed by atoms with Crippen molar-refractivity contribution >= 4 is 26.2 Å². The number of esters is 1. The van der Waals surface area contributed by atoms with E-state index in [9.17, 15) is 14.5 Å². The molecule has 0 saturated carbocycles. The van der Waals surface area contributed by atoms with Crippen LogP contribution in [0.3, 0.4) is 0 Å². The van der Waals surface area contributed by atoms with Gasteiger partial charge in [-0.1, -0.05) is 129 Å². The summed E-state index contributed by atoms with van der Waals surface area (Å²) in [5.41, 5.74) is -2.67. The van der Waals surface area contributed by atoms with Gasteiger partial charge in [-0.05, 0) is 37.4 Å². The number of unbranched alkanes of at least 4 members (excludes halogenated alkanes) is 13. The van der Waals surface area contributed by atoms with Crippen molar-refractivity contribution in [2.75, 3.05) is 25.6 Å². The normalized spacial score (nSPS) is 15.2. The minimum absolute atomic E-state index is 0.0664. The molecule has 0 fully saturated rings. The Kier molecular flexibility index (Phi) is 25.2. The van der Waals surface area contributed by atoms with Gasteiger partial charge in [0.05, 0.1) is 19.3 Å². The van der Waals surface area contributed by atoms with E-state index < -0.39 is 20.0 Å². The monoisotopic (exact) mass is 607 g/mol. The summed E-state index contributed by atoms with van der Waals surface area (Å²) in [6.45, 7) is 13.0. The van der Waals surface area contributed by atoms with Crippen LogP contribution in [0.1, 0.15) is 151 Å². The van der Waals surface area contributed by atoms with Crippen molar-refractivity contribution in [2.24, 2.45) is 5.41 Å². The minimum Gasteiger partial charge on any atom is -0.458 e. The third-order valence-electron chi connectivity index (χ3n) is 6.98. The molecule has 0 radical (unpaired) electrons. The maximum Gasteiger partial charge on any atom is 0.470 e. The third-order valence-corrected chi connectivity index (χ3v) is 9.17. The van der Waals surface area contributed by atoms with Crippen LogP contribution in [0.15, 0.2) is 0 Å². The first-order valence-electron chi connectivity index (χ1n) is 16.3. The molecule has 0 aromatic heterocycles. The molecule has 0 aromatic carbocycles. The summed E-state index contributed by atoms with van der Waals surface area (Å²) in [5.74, 6) is 0.179. The summed E-state index contributed by atoms with van der Waals surface area (Å²) < 4.78 is 28.1. The lowest BCUT2D eigenvalue weighted by Gasteiger charge is -2.24. The lowest BCUT2D eigenvalue weighted by molar-refractivity contribution is -0.198. The maximum atomic E-state index is 12.2. The van der Waals surface area contributed by atoms with Gasteiger partial charge in [-0.2, -0.15) is 11.8 Å². The Bertz CT molecular complexity index is 615. The second-order valence-corrected chi connectivity index (χ2v) is 14.7. The highest BCUT2D eigenvalue weighted by Gasteiger charge is 2.49. The van der Waals surface area contributed by atoms with Gasteiger partial charge in [-0.3, -0.25) is 0 Å². The number of hydrogen-bond acceptors (Lipinski definition) is 7. The molecule has 0 rings (SSSR count). The van der Waals surface area contributed by atoms with Crippen molar-refractivity contribution in [3.63, 3.8) is 0 Å². The van der Waals surface area contributed by atoms with Crippen molar-refractivity contribution in [2.45, 2.75) is 168 Å². The maximum absolute atomic E-state index is 12.2. The topological polar surface area (TPSA) is 82.1 Å². The largest absolute Gasteiger partial charge is 0.470 e. The molecule has 1 N–H and O–H groups in total. The van der Waals surface area contributed by atoms with Crippen molar-refractivity contribution < 1.29 is 28.7 Å². The molecular weight excluding hydrogens is 543 g/mol. The molecule has 0 aromatic rings. The van der Waals surface area contributed by atoms with Crippen LogP contribution in [0.2, 0.25) is 0 Å². The Morgan fingerprint density at radius 1 is 0.800 bits per heavy atom. The SMILES string of the molecule is CCCCCCCCCCSC(CCCCCCCCC)C(C)OCCCOC(O)([PH+]=O)C(=O)OCC(C)(C)C. The molecule has 0 aliphatic rings. The van der Waals surface area contributed by atoms with Crippen LogP contribution in [0.4, 0.5) is 0 Å². The molecule has 4 atom stereocenters. The predicted octanol–water partition coefficient (Wildman–Crippen LogP) is 9.44. The second-order valence-electron chi connectivity index (χ2n) is 12.5. The highest BCUT2D eigenvalue weighted by Crippen LogP contribution is 2.27. The molecule has 0 aliphatic carbocycles. The molecule has 0 amide bonds. The van der Waals surface area contributed by atoms with E-state index in [1.54, 1.807) is 0 Å². The zero-order valence-corrected chi connectivity index (χ0v) is 28.7. The minimum atomic E-state index is -2.41. The van der Waals surface area contributed by atoms with Gasteiger partial charge >= 0.3 is 20.0 Å². The quantitative estimate of drug-likeness (QED) is 0.0410. The molecule has 40 heavy (non-hydrogen) atoms. The van der Waals surface area contributed by atoms with Gasteiger partial charge < -0.3 is 19.3 Å². The van der Waals surface area contributed by atoms with E-state index in [0.717, 1.165) is 0 Å².